The molecule has 0 spiro atoms. The third kappa shape index (κ3) is 3.07. The Morgan fingerprint density at radius 1 is 1.50 bits per heavy atom. The lowest BCUT2D eigenvalue weighted by atomic mass is 9.98. The van der Waals surface area contributed by atoms with Gasteiger partial charge in [-0.25, -0.2) is 4.39 Å². The van der Waals surface area contributed by atoms with E-state index in [2.05, 4.69) is 4.90 Å². The van der Waals surface area contributed by atoms with Crippen molar-refractivity contribution < 1.29 is 9.50 Å². The maximum atomic E-state index is 13.3. The molecule has 1 aromatic rings. The molecule has 1 aliphatic carbocycles. The summed E-state index contributed by atoms with van der Waals surface area (Å²) < 4.78 is 13.3. The summed E-state index contributed by atoms with van der Waals surface area (Å²) in [7, 11) is 0. The van der Waals surface area contributed by atoms with Crippen molar-refractivity contribution in [3.63, 3.8) is 0 Å². The van der Waals surface area contributed by atoms with Gasteiger partial charge in [-0.2, -0.15) is 0 Å². The molecule has 0 aliphatic heterocycles. The zero-order valence-electron chi connectivity index (χ0n) is 10.7. The van der Waals surface area contributed by atoms with Crippen molar-refractivity contribution in [3.05, 3.63) is 35.6 Å². The first-order valence-corrected chi connectivity index (χ1v) is 6.51. The second kappa shape index (κ2) is 5.78. The number of benzene rings is 1. The zero-order chi connectivity index (χ0) is 13.1. The van der Waals surface area contributed by atoms with E-state index in [1.807, 2.05) is 13.0 Å². The summed E-state index contributed by atoms with van der Waals surface area (Å²) in [5, 5.41) is 9.19. The molecule has 3 nitrogen and oxygen atoms in total. The number of hydrogen-bond acceptors (Lipinski definition) is 3. The average molecular weight is 252 g/mol. The maximum Gasteiger partial charge on any atom is 0.123 e. The molecule has 0 heterocycles. The fourth-order valence-corrected chi connectivity index (χ4v) is 2.56. The zero-order valence-corrected chi connectivity index (χ0v) is 10.7. The molecule has 0 bridgehead atoms. The quantitative estimate of drug-likeness (QED) is 0.809. The standard InChI is InChI=1S/C14H21FN2O/c1-10(16)14(11-3-2-4-12(15)9-11)17(7-8-18)13-5-6-13/h2-4,9-10,13-14,18H,5-8,16H2,1H3. The van der Waals surface area contributed by atoms with Crippen LogP contribution in [0.5, 0.6) is 0 Å². The SMILES string of the molecule is CC(N)C(c1cccc(F)c1)N(CCO)C1CC1. The fourth-order valence-electron chi connectivity index (χ4n) is 2.56. The molecule has 0 aromatic heterocycles. The minimum absolute atomic E-state index is 0.0275. The molecule has 0 amide bonds. The van der Waals surface area contributed by atoms with Gasteiger partial charge in [0.1, 0.15) is 5.82 Å². The first-order valence-electron chi connectivity index (χ1n) is 6.51. The van der Waals surface area contributed by atoms with Crippen LogP contribution in [0.2, 0.25) is 0 Å². The van der Waals surface area contributed by atoms with Gasteiger partial charge in [0.15, 0.2) is 0 Å². The maximum absolute atomic E-state index is 13.3. The summed E-state index contributed by atoms with van der Waals surface area (Å²) >= 11 is 0. The summed E-state index contributed by atoms with van der Waals surface area (Å²) in [6.45, 7) is 2.63. The van der Waals surface area contributed by atoms with Gasteiger partial charge in [-0.3, -0.25) is 4.90 Å². The predicted octanol–water partition coefficient (Wildman–Crippen LogP) is 1.67. The third-order valence-corrected chi connectivity index (χ3v) is 3.42. The van der Waals surface area contributed by atoms with E-state index in [1.54, 1.807) is 12.1 Å². The fraction of sp³-hybridized carbons (Fsp3) is 0.571. The van der Waals surface area contributed by atoms with Crippen LogP contribution < -0.4 is 5.73 Å². The molecule has 4 heteroatoms. The van der Waals surface area contributed by atoms with Crippen LogP contribution in [0.3, 0.4) is 0 Å². The van der Waals surface area contributed by atoms with Crippen LogP contribution in [0.4, 0.5) is 4.39 Å². The van der Waals surface area contributed by atoms with E-state index < -0.39 is 0 Å². The second-order valence-electron chi connectivity index (χ2n) is 5.05. The number of nitrogens with zero attached hydrogens (tertiary/aromatic N) is 1. The number of hydrogen-bond donors (Lipinski definition) is 2. The van der Waals surface area contributed by atoms with Gasteiger partial charge in [-0.15, -0.1) is 0 Å². The van der Waals surface area contributed by atoms with Crippen LogP contribution >= 0.6 is 0 Å². The summed E-state index contributed by atoms with van der Waals surface area (Å²) in [6.07, 6.45) is 2.27. The van der Waals surface area contributed by atoms with Crippen molar-refractivity contribution in [2.75, 3.05) is 13.2 Å². The highest BCUT2D eigenvalue weighted by molar-refractivity contribution is 5.22. The van der Waals surface area contributed by atoms with Gasteiger partial charge in [-0.1, -0.05) is 12.1 Å². The lowest BCUT2D eigenvalue weighted by Gasteiger charge is -2.34. The molecule has 18 heavy (non-hydrogen) atoms. The Morgan fingerprint density at radius 3 is 2.72 bits per heavy atom. The first-order chi connectivity index (χ1) is 8.63. The molecule has 1 saturated carbocycles. The molecular weight excluding hydrogens is 231 g/mol. The number of rotatable bonds is 6. The summed E-state index contributed by atoms with van der Waals surface area (Å²) in [6, 6.07) is 6.96. The minimum Gasteiger partial charge on any atom is -0.395 e. The van der Waals surface area contributed by atoms with Gasteiger partial charge in [0.05, 0.1) is 12.6 Å². The van der Waals surface area contributed by atoms with Gasteiger partial charge in [0.2, 0.25) is 0 Å². The molecule has 100 valence electrons. The number of halogens is 1. The van der Waals surface area contributed by atoms with E-state index in [0.717, 1.165) is 18.4 Å². The first kappa shape index (κ1) is 13.5. The molecule has 0 radical (unpaired) electrons. The molecule has 1 aromatic carbocycles. The van der Waals surface area contributed by atoms with Crippen LogP contribution in [-0.4, -0.2) is 35.2 Å². The number of aliphatic hydroxyl groups excluding tert-OH is 1. The minimum atomic E-state index is -0.238. The predicted molar refractivity (Wildman–Crippen MR) is 69.6 cm³/mol. The Bertz CT molecular complexity index is 393. The molecule has 2 unspecified atom stereocenters. The van der Waals surface area contributed by atoms with Gasteiger partial charge >= 0.3 is 0 Å². The normalized spacial score (nSPS) is 18.9. The van der Waals surface area contributed by atoms with E-state index >= 15 is 0 Å². The lowest BCUT2D eigenvalue weighted by molar-refractivity contribution is 0.129. The summed E-state index contributed by atoms with van der Waals surface area (Å²) in [5.74, 6) is -0.238. The molecular formula is C14H21FN2O. The molecule has 2 atom stereocenters. The molecule has 1 aliphatic rings. The van der Waals surface area contributed by atoms with Crippen molar-refractivity contribution in [2.24, 2.45) is 5.73 Å². The highest BCUT2D eigenvalue weighted by Crippen LogP contribution is 2.35. The highest BCUT2D eigenvalue weighted by atomic mass is 19.1. The topological polar surface area (TPSA) is 49.5 Å². The largest absolute Gasteiger partial charge is 0.395 e. The second-order valence-corrected chi connectivity index (χ2v) is 5.05. The van der Waals surface area contributed by atoms with Gasteiger partial charge in [0.25, 0.3) is 0 Å². The van der Waals surface area contributed by atoms with E-state index in [-0.39, 0.29) is 24.5 Å². The molecule has 0 saturated heterocycles. The Balaban J connectivity index is 2.25. The average Bonchev–Trinajstić information content (AvgIpc) is 3.11. The van der Waals surface area contributed by atoms with Gasteiger partial charge < -0.3 is 10.8 Å². The van der Waals surface area contributed by atoms with Crippen molar-refractivity contribution in [2.45, 2.75) is 37.9 Å². The van der Waals surface area contributed by atoms with E-state index in [1.165, 1.54) is 6.07 Å². The Hall–Kier alpha value is -0.970. The van der Waals surface area contributed by atoms with Crippen molar-refractivity contribution >= 4 is 0 Å². The molecule has 2 rings (SSSR count). The van der Waals surface area contributed by atoms with Crippen LogP contribution in [0.25, 0.3) is 0 Å². The third-order valence-electron chi connectivity index (χ3n) is 3.42. The van der Waals surface area contributed by atoms with Crippen LogP contribution in [0.1, 0.15) is 31.4 Å². The molecule has 1 fully saturated rings. The smallest absolute Gasteiger partial charge is 0.123 e. The summed E-state index contributed by atoms with van der Waals surface area (Å²) in [5.41, 5.74) is 6.96. The Labute approximate surface area is 107 Å². The van der Waals surface area contributed by atoms with Crippen LogP contribution in [-0.2, 0) is 0 Å². The number of nitrogens with two attached hydrogens (primary N) is 1. The van der Waals surface area contributed by atoms with Gasteiger partial charge in [-0.05, 0) is 37.5 Å². The van der Waals surface area contributed by atoms with Crippen molar-refractivity contribution in [3.8, 4) is 0 Å². The lowest BCUT2D eigenvalue weighted by Crippen LogP contribution is -2.42. The summed E-state index contributed by atoms with van der Waals surface area (Å²) in [4.78, 5) is 2.21. The Kier molecular flexibility index (Phi) is 4.32. The van der Waals surface area contributed by atoms with Crippen LogP contribution in [0.15, 0.2) is 24.3 Å². The van der Waals surface area contributed by atoms with Crippen molar-refractivity contribution in [1.82, 2.24) is 4.90 Å². The number of aliphatic hydroxyl groups is 1. The van der Waals surface area contributed by atoms with Crippen LogP contribution in [0, 0.1) is 5.82 Å². The molecule has 3 N–H and O–H groups in total. The van der Waals surface area contributed by atoms with Crippen molar-refractivity contribution in [1.29, 1.82) is 0 Å². The van der Waals surface area contributed by atoms with Gasteiger partial charge in [0, 0.05) is 18.6 Å². The van der Waals surface area contributed by atoms with E-state index in [9.17, 15) is 9.50 Å². The van der Waals surface area contributed by atoms with E-state index in [4.69, 9.17) is 5.73 Å². The monoisotopic (exact) mass is 252 g/mol. The van der Waals surface area contributed by atoms with E-state index in [0.29, 0.717) is 12.6 Å². The Morgan fingerprint density at radius 2 is 2.22 bits per heavy atom. The highest BCUT2D eigenvalue weighted by Gasteiger charge is 2.35.